The first-order valence-electron chi connectivity index (χ1n) is 5.64. The lowest BCUT2D eigenvalue weighted by molar-refractivity contribution is 0.0697. The summed E-state index contributed by atoms with van der Waals surface area (Å²) in [6, 6.07) is 6.41. The van der Waals surface area contributed by atoms with Crippen LogP contribution in [0.15, 0.2) is 34.3 Å². The summed E-state index contributed by atoms with van der Waals surface area (Å²) in [5.74, 6) is -0.719. The van der Waals surface area contributed by atoms with Crippen LogP contribution in [0.2, 0.25) is 0 Å². The van der Waals surface area contributed by atoms with Crippen LogP contribution in [0.4, 0.5) is 5.69 Å². The molecule has 0 fully saturated rings. The molecule has 0 aliphatic carbocycles. The molecular weight excluding hydrogens is 282 g/mol. The molecule has 1 heterocycles. The van der Waals surface area contributed by atoms with E-state index in [1.807, 2.05) is 13.8 Å². The Bertz CT molecular complexity index is 597. The van der Waals surface area contributed by atoms with Crippen LogP contribution in [0, 0.1) is 0 Å². The fourth-order valence-corrected chi connectivity index (χ4v) is 2.03. The zero-order valence-electron chi connectivity index (χ0n) is 11.1. The Morgan fingerprint density at radius 2 is 2.00 bits per heavy atom. The first kappa shape index (κ1) is 15.8. The van der Waals surface area contributed by atoms with Crippen LogP contribution in [0.5, 0.6) is 0 Å². The zero-order valence-corrected chi connectivity index (χ0v) is 11.9. The molecule has 0 bridgehead atoms. The fraction of sp³-hybridized carbons (Fsp3) is 0.250. The second kappa shape index (κ2) is 5.38. The van der Waals surface area contributed by atoms with Crippen molar-refractivity contribution in [1.29, 1.82) is 0 Å². The van der Waals surface area contributed by atoms with E-state index in [1.54, 1.807) is 17.0 Å². The van der Waals surface area contributed by atoms with Gasteiger partial charge in [-0.2, -0.15) is 4.99 Å². The van der Waals surface area contributed by atoms with Crippen molar-refractivity contribution >= 4 is 36.0 Å². The molecule has 1 aromatic carbocycles. The first-order valence-corrected chi connectivity index (χ1v) is 5.64. The zero-order chi connectivity index (χ0) is 14.2. The minimum atomic E-state index is -1.00. The highest BCUT2D eigenvalue weighted by Gasteiger charge is 2.33. The smallest absolute Gasteiger partial charge is 0.335 e. The van der Waals surface area contributed by atoms with E-state index in [0.29, 0.717) is 5.69 Å². The van der Waals surface area contributed by atoms with Crippen LogP contribution in [0.1, 0.15) is 24.2 Å². The minimum Gasteiger partial charge on any atom is -0.478 e. The van der Waals surface area contributed by atoms with Crippen LogP contribution in [0.25, 0.3) is 0 Å². The molecule has 2 rings (SSSR count). The standard InChI is InChI=1S/C12H15N5O2.ClH/c1-12(2)16-10(13)15-11(14)17(12)8-5-3-4-7(6-8)9(18)19;/h3-6H,1-2H3,(H,18,19)(H4,13,14,15,16);1H. The van der Waals surface area contributed by atoms with Gasteiger partial charge in [-0.15, -0.1) is 12.4 Å². The Morgan fingerprint density at radius 1 is 1.35 bits per heavy atom. The number of aliphatic imine (C=N–C) groups is 2. The normalized spacial score (nSPS) is 16.8. The summed E-state index contributed by atoms with van der Waals surface area (Å²) in [6.45, 7) is 3.63. The van der Waals surface area contributed by atoms with E-state index in [4.69, 9.17) is 16.6 Å². The van der Waals surface area contributed by atoms with E-state index in [9.17, 15) is 4.79 Å². The van der Waals surface area contributed by atoms with Crippen molar-refractivity contribution in [2.45, 2.75) is 19.5 Å². The average molecular weight is 298 g/mol. The van der Waals surface area contributed by atoms with Crippen molar-refractivity contribution in [2.24, 2.45) is 21.5 Å². The van der Waals surface area contributed by atoms with E-state index in [-0.39, 0.29) is 29.9 Å². The van der Waals surface area contributed by atoms with Crippen LogP contribution in [0.3, 0.4) is 0 Å². The molecule has 0 radical (unpaired) electrons. The predicted octanol–water partition coefficient (Wildman–Crippen LogP) is 0.992. The number of anilines is 1. The first-order chi connectivity index (χ1) is 8.81. The van der Waals surface area contributed by atoms with Crippen molar-refractivity contribution in [3.8, 4) is 0 Å². The summed E-state index contributed by atoms with van der Waals surface area (Å²) in [6.07, 6.45) is 0. The molecule has 1 aliphatic heterocycles. The van der Waals surface area contributed by atoms with Crippen molar-refractivity contribution in [3.63, 3.8) is 0 Å². The Balaban J connectivity index is 0.00000200. The molecule has 108 valence electrons. The van der Waals surface area contributed by atoms with E-state index in [0.717, 1.165) is 0 Å². The lowest BCUT2D eigenvalue weighted by Crippen LogP contribution is -2.54. The number of benzene rings is 1. The van der Waals surface area contributed by atoms with Gasteiger partial charge in [0.15, 0.2) is 0 Å². The molecule has 7 nitrogen and oxygen atoms in total. The summed E-state index contributed by atoms with van der Waals surface area (Å²) in [4.78, 5) is 20.8. The maximum Gasteiger partial charge on any atom is 0.335 e. The number of rotatable bonds is 2. The summed E-state index contributed by atoms with van der Waals surface area (Å²) in [5.41, 5.74) is 11.5. The number of aromatic carboxylic acids is 1. The molecule has 8 heteroatoms. The van der Waals surface area contributed by atoms with Gasteiger partial charge in [0, 0.05) is 5.69 Å². The third kappa shape index (κ3) is 2.83. The van der Waals surface area contributed by atoms with Gasteiger partial charge in [-0.05, 0) is 32.0 Å². The van der Waals surface area contributed by atoms with E-state index < -0.39 is 11.6 Å². The molecule has 20 heavy (non-hydrogen) atoms. The van der Waals surface area contributed by atoms with Gasteiger partial charge in [-0.3, -0.25) is 4.90 Å². The number of carboxylic acid groups (broad SMARTS) is 1. The number of hydrogen-bond acceptors (Lipinski definition) is 6. The van der Waals surface area contributed by atoms with Gasteiger partial charge in [0.05, 0.1) is 5.56 Å². The third-order valence-electron chi connectivity index (χ3n) is 2.74. The number of hydrogen-bond donors (Lipinski definition) is 3. The van der Waals surface area contributed by atoms with Gasteiger partial charge >= 0.3 is 5.97 Å². The lowest BCUT2D eigenvalue weighted by atomic mass is 10.1. The van der Waals surface area contributed by atoms with Gasteiger partial charge in [-0.1, -0.05) is 6.07 Å². The number of nitrogens with two attached hydrogens (primary N) is 2. The maximum atomic E-state index is 11.0. The fourth-order valence-electron chi connectivity index (χ4n) is 2.03. The molecule has 0 saturated heterocycles. The Morgan fingerprint density at radius 3 is 2.55 bits per heavy atom. The third-order valence-corrected chi connectivity index (χ3v) is 2.74. The maximum absolute atomic E-state index is 11.0. The quantitative estimate of drug-likeness (QED) is 0.752. The van der Waals surface area contributed by atoms with E-state index >= 15 is 0 Å². The molecule has 1 aliphatic rings. The topological polar surface area (TPSA) is 117 Å². The average Bonchev–Trinajstić information content (AvgIpc) is 2.26. The monoisotopic (exact) mass is 297 g/mol. The SMILES string of the molecule is CC1(C)N=C(N)N=C(N)N1c1cccc(C(=O)O)c1.Cl. The number of carboxylic acids is 1. The largest absolute Gasteiger partial charge is 0.478 e. The van der Waals surface area contributed by atoms with Crippen LogP contribution in [-0.2, 0) is 0 Å². The molecule has 0 unspecified atom stereocenters. The van der Waals surface area contributed by atoms with Gasteiger partial charge < -0.3 is 16.6 Å². The highest BCUT2D eigenvalue weighted by molar-refractivity contribution is 6.05. The van der Waals surface area contributed by atoms with Gasteiger partial charge in [-0.25, -0.2) is 9.79 Å². The van der Waals surface area contributed by atoms with Crippen LogP contribution < -0.4 is 16.4 Å². The summed E-state index contributed by atoms with van der Waals surface area (Å²) >= 11 is 0. The predicted molar refractivity (Wildman–Crippen MR) is 80.5 cm³/mol. The molecule has 0 amide bonds. The Hall–Kier alpha value is -2.28. The Kier molecular flexibility index (Phi) is 4.24. The molecule has 1 aromatic rings. The number of halogens is 1. The van der Waals surface area contributed by atoms with Crippen molar-refractivity contribution in [2.75, 3.05) is 4.90 Å². The van der Waals surface area contributed by atoms with Crippen molar-refractivity contribution in [1.82, 2.24) is 0 Å². The minimum absolute atomic E-state index is 0. The molecule has 0 atom stereocenters. The molecule has 0 aromatic heterocycles. The highest BCUT2D eigenvalue weighted by Crippen LogP contribution is 2.27. The van der Waals surface area contributed by atoms with Gasteiger partial charge in [0.25, 0.3) is 0 Å². The van der Waals surface area contributed by atoms with Crippen LogP contribution >= 0.6 is 12.4 Å². The second-order valence-corrected chi connectivity index (χ2v) is 4.63. The molecule has 5 N–H and O–H groups in total. The van der Waals surface area contributed by atoms with Gasteiger partial charge in [0.1, 0.15) is 5.66 Å². The lowest BCUT2D eigenvalue weighted by Gasteiger charge is -2.38. The van der Waals surface area contributed by atoms with Crippen molar-refractivity contribution < 1.29 is 9.90 Å². The number of nitrogens with zero attached hydrogens (tertiary/aromatic N) is 3. The number of guanidine groups is 2. The molecular formula is C12H16ClN5O2. The van der Waals surface area contributed by atoms with E-state index in [2.05, 4.69) is 9.98 Å². The highest BCUT2D eigenvalue weighted by atomic mass is 35.5. The molecule has 0 saturated carbocycles. The summed E-state index contributed by atoms with van der Waals surface area (Å²) in [5, 5.41) is 9.02. The summed E-state index contributed by atoms with van der Waals surface area (Å²) < 4.78 is 0. The summed E-state index contributed by atoms with van der Waals surface area (Å²) in [7, 11) is 0. The Labute approximate surface area is 122 Å². The number of carbonyl (C=O) groups is 1. The second-order valence-electron chi connectivity index (χ2n) is 4.63. The molecule has 0 spiro atoms. The van der Waals surface area contributed by atoms with Gasteiger partial charge in [0.2, 0.25) is 11.9 Å². The van der Waals surface area contributed by atoms with E-state index in [1.165, 1.54) is 12.1 Å². The van der Waals surface area contributed by atoms with Crippen LogP contribution in [-0.4, -0.2) is 28.7 Å². The van der Waals surface area contributed by atoms with Crippen molar-refractivity contribution in [3.05, 3.63) is 29.8 Å².